The van der Waals surface area contributed by atoms with Crippen LogP contribution in [0.1, 0.15) is 262 Å². The minimum atomic E-state index is -3.47. The van der Waals surface area contributed by atoms with Gasteiger partial charge in [0.25, 0.3) is 0 Å². The van der Waals surface area contributed by atoms with Crippen molar-refractivity contribution < 1.29 is 147 Å². The zero-order chi connectivity index (χ0) is 79.7. The van der Waals surface area contributed by atoms with Gasteiger partial charge in [0, 0.05) is 166 Å². The molecular weight excluding hydrogens is 1460 g/mol. The van der Waals surface area contributed by atoms with E-state index in [0.29, 0.717) is 37.7 Å². The van der Waals surface area contributed by atoms with E-state index in [0.717, 1.165) is 0 Å². The van der Waals surface area contributed by atoms with Crippen LogP contribution in [0.2, 0.25) is 0 Å². The van der Waals surface area contributed by atoms with Gasteiger partial charge in [-0.3, -0.25) is 28.8 Å². The van der Waals surface area contributed by atoms with Crippen LogP contribution in [0.5, 0.6) is 138 Å². The van der Waals surface area contributed by atoms with Crippen LogP contribution in [0, 0.1) is 0 Å². The Labute approximate surface area is 634 Å². The fraction of sp³-hybridized carbons (Fsp3) is 0.475. The summed E-state index contributed by atoms with van der Waals surface area (Å²) in [5.74, 6) is -31.6. The predicted octanol–water partition coefficient (Wildman–Crippen LogP) is 13.9. The molecule has 0 saturated carbocycles. The zero-order valence-corrected chi connectivity index (χ0v) is 65.1. The lowest BCUT2D eigenvalue weighted by Gasteiger charge is -2.47. The molecule has 0 amide bonds. The van der Waals surface area contributed by atoms with Crippen molar-refractivity contribution in [1.82, 2.24) is 0 Å². The van der Waals surface area contributed by atoms with Gasteiger partial charge in [-0.15, -0.1) is 0 Å². The molecule has 0 fully saturated rings. The van der Waals surface area contributed by atoms with Crippen molar-refractivity contribution in [2.75, 3.05) is 0 Å². The summed E-state index contributed by atoms with van der Waals surface area (Å²) in [5.41, 5.74) is -11.5. The molecule has 0 unspecified atom stereocenters. The van der Waals surface area contributed by atoms with Crippen molar-refractivity contribution in [2.24, 2.45) is 0 Å². The molecule has 0 bridgehead atoms. The number of ether oxygens (including phenoxy) is 25. The van der Waals surface area contributed by atoms with Gasteiger partial charge < -0.3 is 118 Å². The van der Waals surface area contributed by atoms with E-state index < -0.39 is 183 Å². The molecule has 12 heterocycles. The first kappa shape index (κ1) is 71.1. The Bertz CT molecular complexity index is 4290. The van der Waals surface area contributed by atoms with E-state index in [1.165, 1.54) is 0 Å². The Morgan fingerprint density at radius 3 is 0.324 bits per heavy atom. The monoisotopic (exact) mass is 1530 g/mol. The molecule has 0 atom stereocenters. The first-order valence-electron chi connectivity index (χ1n) is 35.9. The third kappa shape index (κ3) is 9.76. The van der Waals surface area contributed by atoms with Crippen LogP contribution in [0.25, 0.3) is 0 Å². The molecule has 12 aliphatic rings. The Morgan fingerprint density at radius 1 is 0.162 bits per heavy atom. The molecule has 31 heteroatoms. The highest BCUT2D eigenvalue weighted by molar-refractivity contribution is 5.99. The van der Waals surface area contributed by atoms with E-state index in [4.69, 9.17) is 114 Å². The van der Waals surface area contributed by atoms with Crippen molar-refractivity contribution in [3.63, 3.8) is 0 Å². The highest BCUT2D eigenvalue weighted by atomic mass is 16.8. The Morgan fingerprint density at radius 2 is 0.243 bits per heavy atom. The van der Waals surface area contributed by atoms with Gasteiger partial charge in [0.05, 0.1) is 33.4 Å². The molecule has 0 aromatic heterocycles. The quantitative estimate of drug-likeness (QED) is 0.0722. The Hall–Kier alpha value is -11.5. The van der Waals surface area contributed by atoms with Crippen molar-refractivity contribution in [2.45, 2.75) is 247 Å². The minimum Gasteiger partial charge on any atom is -0.448 e. The lowest BCUT2D eigenvalue weighted by Crippen LogP contribution is -2.47. The molecular formula is C80H78O31. The van der Waals surface area contributed by atoms with Crippen molar-refractivity contribution >= 4 is 37.7 Å². The highest BCUT2D eigenvalue weighted by Crippen LogP contribution is 2.79. The summed E-state index contributed by atoms with van der Waals surface area (Å²) in [5, 5.41) is 0. The van der Waals surface area contributed by atoms with Crippen LogP contribution in [0.15, 0.2) is 0 Å². The third-order valence-corrected chi connectivity index (χ3v) is 19.6. The standard InChI is InChI=1S/C80H78O31/c1-67(2)87-43-31(25-81)44-56(100-68(3,4)88-44)37(55(43)99-67)79(38-57-45(89-69(5,6)101-57)32(26-82)46-58(38)102-70(7,8)90-46,39-59-47(91-71(9,10)103-59)33(27-83)48-60(39)104-72(11,12)92-48)111-80(40-61-49(93-73(13,14)105-61)34(28-84)50-62(40)106-74(15,16)94-50,41-63-51(95-75(17,18)107-63)35(29-85)52-64(41)108-76(19,20)96-52)42-65-53(97-77(21,22)109-65)36(30-86)54-66(42)110-78(23,24)98-54/h25-30H,1-24H3. The Balaban J connectivity index is 1.24. The fourth-order valence-electron chi connectivity index (χ4n) is 16.4. The molecule has 18 rings (SSSR count). The molecule has 31 nitrogen and oxygen atoms in total. The van der Waals surface area contributed by atoms with Gasteiger partial charge in [-0.05, 0) is 0 Å². The molecule has 0 aliphatic carbocycles. The largest absolute Gasteiger partial charge is 0.448 e. The highest BCUT2D eigenvalue weighted by Gasteiger charge is 2.72. The molecule has 0 radical (unpaired) electrons. The van der Waals surface area contributed by atoms with Crippen molar-refractivity contribution in [1.29, 1.82) is 0 Å². The van der Waals surface area contributed by atoms with Gasteiger partial charge in [0.1, 0.15) is 33.4 Å². The van der Waals surface area contributed by atoms with Gasteiger partial charge in [0.2, 0.25) is 69.4 Å². The molecule has 12 aliphatic heterocycles. The second kappa shape index (κ2) is 20.9. The number of aldehydes is 6. The number of rotatable bonds is 14. The number of benzene rings is 6. The van der Waals surface area contributed by atoms with Gasteiger partial charge >= 0.3 is 0 Å². The predicted molar refractivity (Wildman–Crippen MR) is 376 cm³/mol. The summed E-state index contributed by atoms with van der Waals surface area (Å²) >= 11 is 0. The second-order valence-electron chi connectivity index (χ2n) is 34.1. The average molecular weight is 1540 g/mol. The topological polar surface area (TPSA) is 333 Å². The first-order chi connectivity index (χ1) is 51.4. The number of hydrogen-bond acceptors (Lipinski definition) is 31. The van der Waals surface area contributed by atoms with Gasteiger partial charge in [0.15, 0.2) is 187 Å². The smallest absolute Gasteiger partial charge is 0.246 e. The molecule has 6 aromatic rings. The van der Waals surface area contributed by atoms with Crippen LogP contribution in [0.3, 0.4) is 0 Å². The number of hydrogen-bond donors (Lipinski definition) is 0. The maximum atomic E-state index is 14.7. The summed E-state index contributed by atoms with van der Waals surface area (Å²) in [4.78, 5) is 87.9. The van der Waals surface area contributed by atoms with Crippen LogP contribution in [-0.2, 0) is 15.9 Å². The summed E-state index contributed by atoms with van der Waals surface area (Å²) in [6.07, 6.45) is 2.85. The van der Waals surface area contributed by atoms with E-state index in [-0.39, 0.29) is 102 Å². The summed E-state index contributed by atoms with van der Waals surface area (Å²) in [7, 11) is 0. The normalized spacial score (nSPS) is 21.8. The SMILES string of the molecule is CC1(C)Oc2c(C=O)c3c(c(C(OC(c4c5c(c(C=O)c6c4OC(C)(C)O6)OC(C)(C)O5)(c4c5c(c(C=O)c6c4OC(C)(C)O6)OC(C)(C)O5)c4c5c(c(C=O)c6c4OC(C)(C)O6)OC(C)(C)O5)(c4c5c(c(C=O)c6c4OC(C)(C)O6)OC(C)(C)O5)c4c5c(c(C=O)c6c4OC(C)(C)O6)OC(C)(C)O5)c2O1)OC(C)(C)O3. The van der Waals surface area contributed by atoms with Crippen LogP contribution >= 0.6 is 0 Å². The molecule has 0 spiro atoms. The maximum absolute atomic E-state index is 14.7. The summed E-state index contributed by atoms with van der Waals surface area (Å²) in [6, 6.07) is 0. The molecule has 6 aromatic carbocycles. The summed E-state index contributed by atoms with van der Waals surface area (Å²) in [6.45, 7) is 37.2. The van der Waals surface area contributed by atoms with Crippen molar-refractivity contribution in [3.8, 4) is 138 Å². The van der Waals surface area contributed by atoms with Crippen LogP contribution in [0.4, 0.5) is 0 Å². The van der Waals surface area contributed by atoms with Gasteiger partial charge in [-0.25, -0.2) is 0 Å². The number of carbonyl (C=O) groups excluding carboxylic acids is 6. The first-order valence-corrected chi connectivity index (χ1v) is 35.9. The third-order valence-electron chi connectivity index (χ3n) is 19.6. The lowest BCUT2D eigenvalue weighted by molar-refractivity contribution is -0.107. The summed E-state index contributed by atoms with van der Waals surface area (Å²) < 4.78 is 182. The maximum Gasteiger partial charge on any atom is 0.246 e. The van der Waals surface area contributed by atoms with E-state index in [1.54, 1.807) is 166 Å². The average Bonchev–Trinajstić information content (AvgIpc) is 1.59. The van der Waals surface area contributed by atoms with Crippen LogP contribution < -0.4 is 114 Å². The van der Waals surface area contributed by atoms with Gasteiger partial charge in [-0.1, -0.05) is 0 Å². The number of fused-ring (bicyclic) bond motifs is 12. The van der Waals surface area contributed by atoms with E-state index in [9.17, 15) is 33.5 Å². The molecule has 0 saturated heterocycles. The Kier molecular flexibility index (Phi) is 13.4. The fourth-order valence-corrected chi connectivity index (χ4v) is 16.4. The number of carbonyl (C=O) groups is 6. The lowest BCUT2D eigenvalue weighted by atomic mass is 9.71. The van der Waals surface area contributed by atoms with Crippen molar-refractivity contribution in [3.05, 3.63) is 66.8 Å². The van der Waals surface area contributed by atoms with E-state index >= 15 is 0 Å². The molecule has 584 valence electrons. The molecule has 0 N–H and O–H groups in total. The van der Waals surface area contributed by atoms with E-state index in [1.807, 2.05) is 0 Å². The van der Waals surface area contributed by atoms with E-state index in [2.05, 4.69) is 0 Å². The molecule has 111 heavy (non-hydrogen) atoms. The zero-order valence-electron chi connectivity index (χ0n) is 65.1. The van der Waals surface area contributed by atoms with Gasteiger partial charge in [-0.2, -0.15) is 0 Å². The van der Waals surface area contributed by atoms with Crippen LogP contribution in [-0.4, -0.2) is 107 Å². The second-order valence-corrected chi connectivity index (χ2v) is 34.1. The minimum absolute atomic E-state index is 0.289.